The van der Waals surface area contributed by atoms with Gasteiger partial charge in [0.15, 0.2) is 0 Å². The lowest BCUT2D eigenvalue weighted by atomic mass is 10.2. The van der Waals surface area contributed by atoms with Gasteiger partial charge in [0.25, 0.3) is 0 Å². The van der Waals surface area contributed by atoms with E-state index in [4.69, 9.17) is 9.47 Å². The molecule has 0 spiro atoms. The molecule has 0 radical (unpaired) electrons. The quantitative estimate of drug-likeness (QED) is 0.505. The fraction of sp³-hybridized carbons (Fsp3) is 0.875. The Labute approximate surface area is 71.4 Å². The van der Waals surface area contributed by atoms with Crippen LogP contribution in [0.5, 0.6) is 0 Å². The Balaban J connectivity index is 1.93. The van der Waals surface area contributed by atoms with Gasteiger partial charge < -0.3 is 9.47 Å². The molecule has 0 aliphatic carbocycles. The second kappa shape index (κ2) is 3.41. The largest absolute Gasteiger partial charge is 0.464 e. The molecule has 68 valence electrons. The Bertz CT molecular complexity index is 177. The average molecular weight is 171 g/mol. The Morgan fingerprint density at radius 1 is 1.25 bits per heavy atom. The van der Waals surface area contributed by atoms with Crippen LogP contribution >= 0.6 is 0 Å². The number of carbonyl (C=O) groups is 1. The van der Waals surface area contributed by atoms with Crippen LogP contribution in [0.25, 0.3) is 0 Å². The van der Waals surface area contributed by atoms with Gasteiger partial charge in [-0.3, -0.25) is 9.69 Å². The molecule has 1 atom stereocenters. The van der Waals surface area contributed by atoms with Gasteiger partial charge in [-0.05, 0) is 0 Å². The lowest BCUT2D eigenvalue weighted by molar-refractivity contribution is -0.143. The second-order valence-corrected chi connectivity index (χ2v) is 3.12. The van der Waals surface area contributed by atoms with Gasteiger partial charge in [0.2, 0.25) is 0 Å². The lowest BCUT2D eigenvalue weighted by Crippen LogP contribution is -2.45. The van der Waals surface area contributed by atoms with Crippen LogP contribution in [0.3, 0.4) is 0 Å². The molecule has 0 amide bonds. The van der Waals surface area contributed by atoms with E-state index in [0.717, 1.165) is 32.7 Å². The van der Waals surface area contributed by atoms with E-state index in [9.17, 15) is 4.79 Å². The van der Waals surface area contributed by atoms with E-state index < -0.39 is 0 Å². The number of rotatable bonds is 1. The van der Waals surface area contributed by atoms with Gasteiger partial charge in [-0.2, -0.15) is 0 Å². The predicted octanol–water partition coefficient (Wildman–Crippen LogP) is -0.366. The van der Waals surface area contributed by atoms with Crippen LogP contribution in [0, 0.1) is 0 Å². The Morgan fingerprint density at radius 2 is 2.00 bits per heavy atom. The molecule has 0 aromatic carbocycles. The molecule has 2 saturated heterocycles. The van der Waals surface area contributed by atoms with Gasteiger partial charge in [-0.15, -0.1) is 0 Å². The molecule has 1 unspecified atom stereocenters. The van der Waals surface area contributed by atoms with Crippen molar-refractivity contribution in [2.45, 2.75) is 12.5 Å². The van der Waals surface area contributed by atoms with Crippen molar-refractivity contribution in [1.29, 1.82) is 0 Å². The van der Waals surface area contributed by atoms with Crippen LogP contribution in [0.1, 0.15) is 6.42 Å². The highest BCUT2D eigenvalue weighted by atomic mass is 16.5. The molecule has 0 N–H and O–H groups in total. The minimum absolute atomic E-state index is 0.00824. The first-order valence-electron chi connectivity index (χ1n) is 4.36. The van der Waals surface area contributed by atoms with Gasteiger partial charge >= 0.3 is 5.97 Å². The molecule has 2 heterocycles. The standard InChI is InChI=1S/C8H13NO3/c10-8-7(1-4-12-8)9-2-5-11-6-3-9/h7H,1-6H2. The number of carbonyl (C=O) groups excluding carboxylic acids is 1. The molecule has 2 aliphatic heterocycles. The maximum Gasteiger partial charge on any atom is 0.323 e. The van der Waals surface area contributed by atoms with Crippen molar-refractivity contribution in [2.75, 3.05) is 32.9 Å². The normalized spacial score (nSPS) is 32.0. The van der Waals surface area contributed by atoms with Gasteiger partial charge in [-0.25, -0.2) is 0 Å². The fourth-order valence-electron chi connectivity index (χ4n) is 1.71. The van der Waals surface area contributed by atoms with E-state index in [-0.39, 0.29) is 12.0 Å². The molecule has 12 heavy (non-hydrogen) atoms. The maximum atomic E-state index is 11.2. The van der Waals surface area contributed by atoms with Crippen LogP contribution in [-0.2, 0) is 14.3 Å². The van der Waals surface area contributed by atoms with Gasteiger partial charge in [0, 0.05) is 19.5 Å². The zero-order valence-corrected chi connectivity index (χ0v) is 6.99. The number of cyclic esters (lactones) is 1. The molecule has 0 saturated carbocycles. The number of esters is 1. The SMILES string of the molecule is O=C1OCCC1N1CCOCC1. The summed E-state index contributed by atoms with van der Waals surface area (Å²) in [4.78, 5) is 13.3. The van der Waals surface area contributed by atoms with E-state index in [1.54, 1.807) is 0 Å². The summed E-state index contributed by atoms with van der Waals surface area (Å²) in [7, 11) is 0. The molecule has 4 heteroatoms. The van der Waals surface area contributed by atoms with Crippen molar-refractivity contribution in [3.63, 3.8) is 0 Å². The van der Waals surface area contributed by atoms with Gasteiger partial charge in [-0.1, -0.05) is 0 Å². The highest BCUT2D eigenvalue weighted by Crippen LogP contribution is 2.14. The van der Waals surface area contributed by atoms with E-state index >= 15 is 0 Å². The Morgan fingerprint density at radius 3 is 2.58 bits per heavy atom. The summed E-state index contributed by atoms with van der Waals surface area (Å²) in [6.07, 6.45) is 0.846. The first-order chi connectivity index (χ1) is 5.88. The molecule has 0 aromatic heterocycles. The molecule has 0 bridgehead atoms. The van der Waals surface area contributed by atoms with Crippen molar-refractivity contribution >= 4 is 5.97 Å². The Hall–Kier alpha value is -0.610. The summed E-state index contributed by atoms with van der Waals surface area (Å²) in [6.45, 7) is 3.79. The molecule has 2 fully saturated rings. The summed E-state index contributed by atoms with van der Waals surface area (Å²) in [5.41, 5.74) is 0. The van der Waals surface area contributed by atoms with Crippen molar-refractivity contribution in [1.82, 2.24) is 4.90 Å². The summed E-state index contributed by atoms with van der Waals surface area (Å²) in [5, 5.41) is 0. The minimum atomic E-state index is -0.0584. The number of ether oxygens (including phenoxy) is 2. The second-order valence-electron chi connectivity index (χ2n) is 3.12. The first-order valence-corrected chi connectivity index (χ1v) is 4.36. The number of nitrogens with zero attached hydrogens (tertiary/aromatic N) is 1. The predicted molar refractivity (Wildman–Crippen MR) is 41.8 cm³/mol. The summed E-state index contributed by atoms with van der Waals surface area (Å²) in [5.74, 6) is -0.0584. The van der Waals surface area contributed by atoms with Gasteiger partial charge in [0.1, 0.15) is 6.04 Å². The van der Waals surface area contributed by atoms with Crippen molar-refractivity contribution in [3.05, 3.63) is 0 Å². The van der Waals surface area contributed by atoms with Crippen LogP contribution in [-0.4, -0.2) is 49.8 Å². The third-order valence-corrected chi connectivity index (χ3v) is 2.39. The molecule has 2 rings (SSSR count). The highest BCUT2D eigenvalue weighted by Gasteiger charge is 2.32. The molecule has 0 aromatic rings. The van der Waals surface area contributed by atoms with Crippen LogP contribution in [0.4, 0.5) is 0 Å². The average Bonchev–Trinajstić information content (AvgIpc) is 2.53. The molecular weight excluding hydrogens is 158 g/mol. The topological polar surface area (TPSA) is 38.8 Å². The zero-order valence-electron chi connectivity index (χ0n) is 6.99. The minimum Gasteiger partial charge on any atom is -0.464 e. The summed E-state index contributed by atoms with van der Waals surface area (Å²) < 4.78 is 10.1. The summed E-state index contributed by atoms with van der Waals surface area (Å²) in [6, 6.07) is 0.00824. The Kier molecular flexibility index (Phi) is 2.28. The van der Waals surface area contributed by atoms with E-state index in [0.29, 0.717) is 6.61 Å². The molecular formula is C8H13NO3. The third kappa shape index (κ3) is 1.44. The fourth-order valence-corrected chi connectivity index (χ4v) is 1.71. The monoisotopic (exact) mass is 171 g/mol. The number of hydrogen-bond acceptors (Lipinski definition) is 4. The van der Waals surface area contributed by atoms with Crippen LogP contribution in [0.15, 0.2) is 0 Å². The smallest absolute Gasteiger partial charge is 0.323 e. The van der Waals surface area contributed by atoms with E-state index in [2.05, 4.69) is 4.90 Å². The van der Waals surface area contributed by atoms with E-state index in [1.165, 1.54) is 0 Å². The maximum absolute atomic E-state index is 11.2. The third-order valence-electron chi connectivity index (χ3n) is 2.39. The number of morpholine rings is 1. The van der Waals surface area contributed by atoms with Gasteiger partial charge in [0.05, 0.1) is 19.8 Å². The van der Waals surface area contributed by atoms with Crippen LogP contribution < -0.4 is 0 Å². The van der Waals surface area contributed by atoms with E-state index in [1.807, 2.05) is 0 Å². The van der Waals surface area contributed by atoms with Crippen molar-refractivity contribution < 1.29 is 14.3 Å². The summed E-state index contributed by atoms with van der Waals surface area (Å²) >= 11 is 0. The first kappa shape index (κ1) is 8.01. The number of hydrogen-bond donors (Lipinski definition) is 0. The molecule has 4 nitrogen and oxygen atoms in total. The highest BCUT2D eigenvalue weighted by molar-refractivity contribution is 5.77. The van der Waals surface area contributed by atoms with Crippen LogP contribution in [0.2, 0.25) is 0 Å². The van der Waals surface area contributed by atoms with Crippen molar-refractivity contribution in [2.24, 2.45) is 0 Å². The molecule has 2 aliphatic rings. The lowest BCUT2D eigenvalue weighted by Gasteiger charge is -2.29. The zero-order chi connectivity index (χ0) is 8.39. The van der Waals surface area contributed by atoms with Crippen molar-refractivity contribution in [3.8, 4) is 0 Å².